The van der Waals surface area contributed by atoms with Crippen LogP contribution in [-0.4, -0.2) is 19.3 Å². The molecule has 6 nitrogen and oxygen atoms in total. The Morgan fingerprint density at radius 1 is 1.00 bits per heavy atom. The molecule has 0 spiro atoms. The number of hydrogen-bond acceptors (Lipinski definition) is 5. The van der Waals surface area contributed by atoms with Gasteiger partial charge in [0.2, 0.25) is 0 Å². The number of benzene rings is 1. The van der Waals surface area contributed by atoms with Gasteiger partial charge in [0.15, 0.2) is 5.82 Å². The van der Waals surface area contributed by atoms with E-state index >= 15 is 0 Å². The molecular formula is C18H12N4O2S. The minimum Gasteiger partial charge on any atom is -0.297 e. The molecule has 0 atom stereocenters. The average molecular weight is 348 g/mol. The SMILES string of the molecule is O=[N+]([O-])c1ccc(Sc2nc(-c3ccccn3)n3ccccc23)cc1. The fourth-order valence-electron chi connectivity index (χ4n) is 2.51. The number of imidazole rings is 1. The van der Waals surface area contributed by atoms with Gasteiger partial charge in [-0.3, -0.25) is 19.5 Å². The first-order valence-corrected chi connectivity index (χ1v) is 8.35. The van der Waals surface area contributed by atoms with Gasteiger partial charge in [-0.25, -0.2) is 4.98 Å². The molecule has 0 aliphatic carbocycles. The van der Waals surface area contributed by atoms with Crippen LogP contribution in [-0.2, 0) is 0 Å². The molecule has 0 bridgehead atoms. The maximum atomic E-state index is 10.8. The normalized spacial score (nSPS) is 10.9. The summed E-state index contributed by atoms with van der Waals surface area (Å²) in [5.41, 5.74) is 1.83. The van der Waals surface area contributed by atoms with Crippen molar-refractivity contribution in [1.82, 2.24) is 14.4 Å². The third kappa shape index (κ3) is 2.97. The fourth-order valence-corrected chi connectivity index (χ4v) is 3.41. The molecule has 1 aromatic carbocycles. The number of non-ortho nitro benzene ring substituents is 1. The number of pyridine rings is 2. The molecule has 4 aromatic rings. The van der Waals surface area contributed by atoms with Crippen LogP contribution in [0.1, 0.15) is 0 Å². The molecule has 0 fully saturated rings. The Labute approximate surface area is 147 Å². The smallest absolute Gasteiger partial charge is 0.269 e. The summed E-state index contributed by atoms with van der Waals surface area (Å²) in [5.74, 6) is 0.764. The van der Waals surface area contributed by atoms with E-state index in [-0.39, 0.29) is 5.69 Å². The number of nitrogens with zero attached hydrogens (tertiary/aromatic N) is 4. The molecule has 0 saturated heterocycles. The predicted molar refractivity (Wildman–Crippen MR) is 95.6 cm³/mol. The van der Waals surface area contributed by atoms with Gasteiger partial charge in [0.05, 0.1) is 10.4 Å². The summed E-state index contributed by atoms with van der Waals surface area (Å²) < 4.78 is 2.00. The lowest BCUT2D eigenvalue weighted by Gasteiger charge is -1.99. The van der Waals surface area contributed by atoms with Crippen molar-refractivity contribution in [3.05, 3.63) is 83.2 Å². The maximum Gasteiger partial charge on any atom is 0.269 e. The Bertz CT molecular complexity index is 1050. The first-order chi connectivity index (χ1) is 12.2. The molecule has 4 rings (SSSR count). The first kappa shape index (κ1) is 15.3. The molecule has 25 heavy (non-hydrogen) atoms. The van der Waals surface area contributed by atoms with Crippen LogP contribution in [0, 0.1) is 10.1 Å². The standard InChI is InChI=1S/C18H12N4O2S/c23-22(24)13-7-9-14(10-8-13)25-18-16-6-2-4-12-21(16)17(20-18)15-5-1-3-11-19-15/h1-12H. The summed E-state index contributed by atoms with van der Waals surface area (Å²) in [6, 6.07) is 18.1. The van der Waals surface area contributed by atoms with Crippen molar-refractivity contribution in [2.24, 2.45) is 0 Å². The number of aromatic nitrogens is 3. The largest absolute Gasteiger partial charge is 0.297 e. The minimum atomic E-state index is -0.403. The summed E-state index contributed by atoms with van der Waals surface area (Å²) in [6.45, 7) is 0. The van der Waals surface area contributed by atoms with Crippen LogP contribution in [0.5, 0.6) is 0 Å². The van der Waals surface area contributed by atoms with E-state index in [1.54, 1.807) is 18.3 Å². The molecule has 0 N–H and O–H groups in total. The highest BCUT2D eigenvalue weighted by Crippen LogP contribution is 2.33. The van der Waals surface area contributed by atoms with Crippen LogP contribution in [0.25, 0.3) is 17.0 Å². The Morgan fingerprint density at radius 3 is 2.52 bits per heavy atom. The highest BCUT2D eigenvalue weighted by Gasteiger charge is 2.14. The zero-order valence-electron chi connectivity index (χ0n) is 12.9. The monoisotopic (exact) mass is 348 g/mol. The summed E-state index contributed by atoms with van der Waals surface area (Å²) in [5, 5.41) is 11.6. The third-order valence-electron chi connectivity index (χ3n) is 3.67. The molecule has 3 heterocycles. The van der Waals surface area contributed by atoms with Crippen molar-refractivity contribution in [2.75, 3.05) is 0 Å². The van der Waals surface area contributed by atoms with Crippen molar-refractivity contribution in [3.8, 4) is 11.5 Å². The van der Waals surface area contributed by atoms with E-state index in [1.807, 2.05) is 47.0 Å². The molecule has 122 valence electrons. The first-order valence-electron chi connectivity index (χ1n) is 7.53. The lowest BCUT2D eigenvalue weighted by atomic mass is 10.3. The summed E-state index contributed by atoms with van der Waals surface area (Å²) in [7, 11) is 0. The fraction of sp³-hybridized carbons (Fsp3) is 0. The van der Waals surface area contributed by atoms with Gasteiger partial charge in [-0.15, -0.1) is 0 Å². The molecule has 7 heteroatoms. The number of hydrogen-bond donors (Lipinski definition) is 0. The lowest BCUT2D eigenvalue weighted by molar-refractivity contribution is -0.384. The van der Waals surface area contributed by atoms with Crippen molar-refractivity contribution in [1.29, 1.82) is 0 Å². The second-order valence-corrected chi connectivity index (χ2v) is 6.33. The van der Waals surface area contributed by atoms with Gasteiger partial charge in [-0.05, 0) is 36.4 Å². The van der Waals surface area contributed by atoms with Gasteiger partial charge in [0.1, 0.15) is 10.7 Å². The zero-order chi connectivity index (χ0) is 17.2. The van der Waals surface area contributed by atoms with Gasteiger partial charge in [0.25, 0.3) is 5.69 Å². The van der Waals surface area contributed by atoms with Crippen molar-refractivity contribution >= 4 is 23.0 Å². The van der Waals surface area contributed by atoms with Crippen molar-refractivity contribution < 1.29 is 4.92 Å². The molecule has 0 saturated carbocycles. The molecular weight excluding hydrogens is 336 g/mol. The zero-order valence-corrected chi connectivity index (χ0v) is 13.8. The Hall–Kier alpha value is -3.19. The summed E-state index contributed by atoms with van der Waals surface area (Å²) in [4.78, 5) is 20.4. The molecule has 3 aromatic heterocycles. The summed E-state index contributed by atoms with van der Waals surface area (Å²) >= 11 is 1.47. The molecule has 0 amide bonds. The van der Waals surface area contributed by atoms with E-state index < -0.39 is 4.92 Å². The van der Waals surface area contributed by atoms with E-state index in [0.29, 0.717) is 0 Å². The van der Waals surface area contributed by atoms with Crippen molar-refractivity contribution in [2.45, 2.75) is 9.92 Å². The van der Waals surface area contributed by atoms with Crippen LogP contribution in [0.15, 0.2) is 83.0 Å². The van der Waals surface area contributed by atoms with E-state index in [0.717, 1.165) is 27.0 Å². The van der Waals surface area contributed by atoms with Gasteiger partial charge >= 0.3 is 0 Å². The van der Waals surface area contributed by atoms with Crippen LogP contribution in [0.2, 0.25) is 0 Å². The minimum absolute atomic E-state index is 0.0771. The lowest BCUT2D eigenvalue weighted by Crippen LogP contribution is -1.90. The number of fused-ring (bicyclic) bond motifs is 1. The topological polar surface area (TPSA) is 73.3 Å². The second-order valence-electron chi connectivity index (χ2n) is 5.26. The van der Waals surface area contributed by atoms with E-state index in [9.17, 15) is 10.1 Å². The van der Waals surface area contributed by atoms with Crippen LogP contribution < -0.4 is 0 Å². The van der Waals surface area contributed by atoms with E-state index in [4.69, 9.17) is 4.98 Å². The second kappa shape index (κ2) is 6.37. The van der Waals surface area contributed by atoms with Gasteiger partial charge in [-0.1, -0.05) is 23.9 Å². The van der Waals surface area contributed by atoms with E-state index in [1.165, 1.54) is 23.9 Å². The van der Waals surface area contributed by atoms with Gasteiger partial charge in [-0.2, -0.15) is 0 Å². The van der Waals surface area contributed by atoms with Crippen molar-refractivity contribution in [3.63, 3.8) is 0 Å². The average Bonchev–Trinajstić information content (AvgIpc) is 3.02. The summed E-state index contributed by atoms with van der Waals surface area (Å²) in [6.07, 6.45) is 3.69. The van der Waals surface area contributed by atoms with Crippen LogP contribution in [0.4, 0.5) is 5.69 Å². The predicted octanol–water partition coefficient (Wildman–Crippen LogP) is 4.46. The number of nitro groups is 1. The Morgan fingerprint density at radius 2 is 1.80 bits per heavy atom. The molecule has 0 aliphatic heterocycles. The Kier molecular flexibility index (Phi) is 3.91. The third-order valence-corrected chi connectivity index (χ3v) is 4.67. The number of rotatable bonds is 4. The Balaban J connectivity index is 1.76. The molecule has 0 radical (unpaired) electrons. The quantitative estimate of drug-likeness (QED) is 0.402. The van der Waals surface area contributed by atoms with E-state index in [2.05, 4.69) is 4.98 Å². The molecule has 0 unspecified atom stereocenters. The highest BCUT2D eigenvalue weighted by molar-refractivity contribution is 7.99. The van der Waals surface area contributed by atoms with Crippen LogP contribution >= 0.6 is 11.8 Å². The van der Waals surface area contributed by atoms with Gasteiger partial charge < -0.3 is 0 Å². The van der Waals surface area contributed by atoms with Crippen LogP contribution in [0.3, 0.4) is 0 Å². The highest BCUT2D eigenvalue weighted by atomic mass is 32.2. The number of nitro benzene ring substituents is 1. The maximum absolute atomic E-state index is 10.8. The molecule has 0 aliphatic rings. The van der Waals surface area contributed by atoms with Gasteiger partial charge in [0, 0.05) is 29.4 Å².